The summed E-state index contributed by atoms with van der Waals surface area (Å²) in [5.74, 6) is -0.406. The zero-order valence-corrected chi connectivity index (χ0v) is 21.7. The number of hydrogen-bond donors (Lipinski definition) is 0. The number of benzene rings is 1. The number of rotatable bonds is 20. The molecule has 0 atom stereocenters. The van der Waals surface area contributed by atoms with Crippen molar-refractivity contribution in [2.75, 3.05) is 19.7 Å². The number of hydrogen-bond acceptors (Lipinski definition) is 3. The SMILES string of the molecule is CCCCCCCOC(=O)c1ccccc1C(=O)N(CCCCCCC)CCCCCCC. The third kappa shape index (κ3) is 12.8. The van der Waals surface area contributed by atoms with Crippen molar-refractivity contribution in [1.82, 2.24) is 4.90 Å². The van der Waals surface area contributed by atoms with Gasteiger partial charge in [-0.2, -0.15) is 0 Å². The molecule has 0 aromatic heterocycles. The fraction of sp³-hybridized carbons (Fsp3) is 0.724. The van der Waals surface area contributed by atoms with Gasteiger partial charge >= 0.3 is 5.97 Å². The predicted molar refractivity (Wildman–Crippen MR) is 139 cm³/mol. The Balaban J connectivity index is 2.74. The minimum absolute atomic E-state index is 0.0310. The van der Waals surface area contributed by atoms with Crippen LogP contribution >= 0.6 is 0 Å². The Bertz CT molecular complexity index is 630. The molecule has 0 aliphatic heterocycles. The molecule has 0 heterocycles. The molecule has 0 saturated carbocycles. The maximum absolute atomic E-state index is 13.5. The lowest BCUT2D eigenvalue weighted by molar-refractivity contribution is 0.0490. The molecule has 0 unspecified atom stereocenters. The normalized spacial score (nSPS) is 10.9. The van der Waals surface area contributed by atoms with Crippen LogP contribution in [0, 0.1) is 0 Å². The largest absolute Gasteiger partial charge is 0.462 e. The molecule has 0 bridgehead atoms. The first-order valence-corrected chi connectivity index (χ1v) is 13.7. The van der Waals surface area contributed by atoms with E-state index in [4.69, 9.17) is 4.74 Å². The Morgan fingerprint density at radius 2 is 1.09 bits per heavy atom. The molecule has 0 fully saturated rings. The molecular weight excluding hydrogens is 410 g/mol. The van der Waals surface area contributed by atoms with Crippen LogP contribution in [0.4, 0.5) is 0 Å². The molecule has 1 aromatic carbocycles. The van der Waals surface area contributed by atoms with Gasteiger partial charge in [0.05, 0.1) is 17.7 Å². The zero-order chi connectivity index (χ0) is 24.2. The number of nitrogens with zero attached hydrogens (tertiary/aromatic N) is 1. The van der Waals surface area contributed by atoms with Crippen LogP contribution in [0.15, 0.2) is 24.3 Å². The minimum atomic E-state index is -0.375. The molecule has 4 nitrogen and oxygen atoms in total. The van der Waals surface area contributed by atoms with Gasteiger partial charge in [0.2, 0.25) is 0 Å². The van der Waals surface area contributed by atoms with E-state index in [-0.39, 0.29) is 11.9 Å². The minimum Gasteiger partial charge on any atom is -0.462 e. The van der Waals surface area contributed by atoms with Gasteiger partial charge in [0, 0.05) is 13.1 Å². The Hall–Kier alpha value is -1.84. The average molecular weight is 460 g/mol. The molecule has 0 radical (unpaired) electrons. The number of carbonyl (C=O) groups excluding carboxylic acids is 2. The van der Waals surface area contributed by atoms with Gasteiger partial charge in [-0.1, -0.05) is 110 Å². The summed E-state index contributed by atoms with van der Waals surface area (Å²) in [5, 5.41) is 0. The molecule has 0 aliphatic carbocycles. The maximum atomic E-state index is 13.5. The van der Waals surface area contributed by atoms with E-state index in [0.29, 0.717) is 17.7 Å². The van der Waals surface area contributed by atoms with Crippen LogP contribution in [0.25, 0.3) is 0 Å². The highest BCUT2D eigenvalue weighted by Crippen LogP contribution is 2.16. The third-order valence-electron chi connectivity index (χ3n) is 6.21. The van der Waals surface area contributed by atoms with Crippen molar-refractivity contribution in [2.45, 2.75) is 117 Å². The van der Waals surface area contributed by atoms with E-state index in [0.717, 1.165) is 51.6 Å². The topological polar surface area (TPSA) is 46.6 Å². The summed E-state index contributed by atoms with van der Waals surface area (Å²) in [6.07, 6.45) is 17.2. The first-order valence-electron chi connectivity index (χ1n) is 13.7. The summed E-state index contributed by atoms with van der Waals surface area (Å²) in [5.41, 5.74) is 0.883. The molecule has 1 aromatic rings. The smallest absolute Gasteiger partial charge is 0.338 e. The van der Waals surface area contributed by atoms with Crippen LogP contribution in [0.3, 0.4) is 0 Å². The van der Waals surface area contributed by atoms with E-state index in [1.165, 1.54) is 57.8 Å². The summed E-state index contributed by atoms with van der Waals surface area (Å²) in [7, 11) is 0. The van der Waals surface area contributed by atoms with Gasteiger partial charge in [-0.25, -0.2) is 4.79 Å². The molecule has 0 saturated heterocycles. The lowest BCUT2D eigenvalue weighted by Crippen LogP contribution is -2.34. The Labute approximate surface area is 203 Å². The van der Waals surface area contributed by atoms with Gasteiger partial charge in [-0.15, -0.1) is 0 Å². The lowest BCUT2D eigenvalue weighted by Gasteiger charge is -2.24. The molecule has 1 rings (SSSR count). The summed E-state index contributed by atoms with van der Waals surface area (Å²) in [6.45, 7) is 8.56. The van der Waals surface area contributed by atoms with Crippen LogP contribution in [0.2, 0.25) is 0 Å². The molecule has 0 N–H and O–H groups in total. The summed E-state index contributed by atoms with van der Waals surface area (Å²) >= 11 is 0. The molecule has 0 aliphatic rings. The number of carbonyl (C=O) groups is 2. The highest BCUT2D eigenvalue weighted by Gasteiger charge is 2.22. The average Bonchev–Trinajstić information content (AvgIpc) is 2.84. The van der Waals surface area contributed by atoms with Crippen molar-refractivity contribution in [2.24, 2.45) is 0 Å². The van der Waals surface area contributed by atoms with Crippen molar-refractivity contribution in [3.05, 3.63) is 35.4 Å². The summed E-state index contributed by atoms with van der Waals surface area (Å²) < 4.78 is 5.52. The molecule has 188 valence electrons. The molecule has 1 amide bonds. The monoisotopic (exact) mass is 459 g/mol. The quantitative estimate of drug-likeness (QED) is 0.146. The van der Waals surface area contributed by atoms with Gasteiger partial charge in [0.15, 0.2) is 0 Å². The van der Waals surface area contributed by atoms with Crippen molar-refractivity contribution in [1.29, 1.82) is 0 Å². The molecule has 33 heavy (non-hydrogen) atoms. The predicted octanol–water partition coefficient (Wildman–Crippen LogP) is 8.20. The second-order valence-electron chi connectivity index (χ2n) is 9.22. The fourth-order valence-corrected chi connectivity index (χ4v) is 4.09. The van der Waals surface area contributed by atoms with E-state index >= 15 is 0 Å². The van der Waals surface area contributed by atoms with E-state index in [1.54, 1.807) is 12.1 Å². The van der Waals surface area contributed by atoms with Crippen LogP contribution < -0.4 is 0 Å². The van der Waals surface area contributed by atoms with Crippen LogP contribution in [-0.2, 0) is 4.74 Å². The van der Waals surface area contributed by atoms with E-state index < -0.39 is 0 Å². The van der Waals surface area contributed by atoms with Crippen molar-refractivity contribution in [3.8, 4) is 0 Å². The summed E-state index contributed by atoms with van der Waals surface area (Å²) in [6, 6.07) is 7.17. The van der Waals surface area contributed by atoms with Crippen LogP contribution in [0.5, 0.6) is 0 Å². The lowest BCUT2D eigenvalue weighted by atomic mass is 10.0. The highest BCUT2D eigenvalue weighted by atomic mass is 16.5. The molecule has 4 heteroatoms. The molecule has 0 spiro atoms. The Kier molecular flexibility index (Phi) is 17.4. The second-order valence-corrected chi connectivity index (χ2v) is 9.22. The van der Waals surface area contributed by atoms with Gasteiger partial charge < -0.3 is 9.64 Å². The number of unbranched alkanes of at least 4 members (excludes halogenated alkanes) is 12. The van der Waals surface area contributed by atoms with E-state index in [9.17, 15) is 9.59 Å². The van der Waals surface area contributed by atoms with Gasteiger partial charge in [0.25, 0.3) is 5.91 Å². The van der Waals surface area contributed by atoms with Gasteiger partial charge in [0.1, 0.15) is 0 Å². The second kappa shape index (κ2) is 19.6. The number of esters is 1. The van der Waals surface area contributed by atoms with Gasteiger partial charge in [-0.05, 0) is 31.4 Å². The van der Waals surface area contributed by atoms with Gasteiger partial charge in [-0.3, -0.25) is 4.79 Å². The Morgan fingerprint density at radius 3 is 1.61 bits per heavy atom. The summed E-state index contributed by atoms with van der Waals surface area (Å²) in [4.78, 5) is 28.2. The molecular formula is C29H49NO3. The standard InChI is InChI=1S/C29H49NO3/c1-4-7-10-13-18-23-30(24-19-14-11-8-5-2)28(31)26-21-16-17-22-27(26)29(32)33-25-20-15-12-9-6-3/h16-17,21-22H,4-15,18-20,23-25H2,1-3H3. The maximum Gasteiger partial charge on any atom is 0.338 e. The van der Waals surface area contributed by atoms with Crippen molar-refractivity contribution >= 4 is 11.9 Å². The van der Waals surface area contributed by atoms with E-state index in [2.05, 4.69) is 20.8 Å². The number of amides is 1. The number of ether oxygens (including phenoxy) is 1. The van der Waals surface area contributed by atoms with Crippen molar-refractivity contribution in [3.63, 3.8) is 0 Å². The first-order chi connectivity index (χ1) is 16.2. The third-order valence-corrected chi connectivity index (χ3v) is 6.21. The van der Waals surface area contributed by atoms with Crippen LogP contribution in [0.1, 0.15) is 138 Å². The first kappa shape index (κ1) is 29.2. The highest BCUT2D eigenvalue weighted by molar-refractivity contribution is 6.05. The Morgan fingerprint density at radius 1 is 0.636 bits per heavy atom. The zero-order valence-electron chi connectivity index (χ0n) is 21.7. The van der Waals surface area contributed by atoms with Crippen LogP contribution in [-0.4, -0.2) is 36.5 Å². The van der Waals surface area contributed by atoms with Crippen molar-refractivity contribution < 1.29 is 14.3 Å². The fourth-order valence-electron chi connectivity index (χ4n) is 4.09. The van der Waals surface area contributed by atoms with E-state index in [1.807, 2.05) is 17.0 Å².